The van der Waals surface area contributed by atoms with Crippen molar-refractivity contribution in [1.82, 2.24) is 19.7 Å². The molecule has 9 nitrogen and oxygen atoms in total. The Balaban J connectivity index is 1.62. The van der Waals surface area contributed by atoms with Gasteiger partial charge in [0.2, 0.25) is 0 Å². The van der Waals surface area contributed by atoms with Crippen LogP contribution in [0.3, 0.4) is 0 Å². The van der Waals surface area contributed by atoms with Crippen molar-refractivity contribution < 1.29 is 18.6 Å². The third kappa shape index (κ3) is 3.57. The lowest BCUT2D eigenvalue weighted by atomic mass is 10.1. The van der Waals surface area contributed by atoms with E-state index in [9.17, 15) is 0 Å². The van der Waals surface area contributed by atoms with E-state index in [-0.39, 0.29) is 23.4 Å². The quantitative estimate of drug-likeness (QED) is 0.753. The van der Waals surface area contributed by atoms with Crippen LogP contribution in [0.25, 0.3) is 11.0 Å². The van der Waals surface area contributed by atoms with Crippen molar-refractivity contribution in [1.29, 1.82) is 0 Å². The van der Waals surface area contributed by atoms with Crippen molar-refractivity contribution >= 4 is 25.2 Å². The van der Waals surface area contributed by atoms with Crippen LogP contribution in [-0.4, -0.2) is 58.8 Å². The van der Waals surface area contributed by atoms with Gasteiger partial charge < -0.3 is 24.4 Å². The number of aromatic nitrogens is 4. The first-order valence-electron chi connectivity index (χ1n) is 9.91. The summed E-state index contributed by atoms with van der Waals surface area (Å²) in [7, 11) is -1.93. The fourth-order valence-corrected chi connectivity index (χ4v) is 4.51. The summed E-state index contributed by atoms with van der Waals surface area (Å²) in [4.78, 5) is 8.32. The molecule has 159 valence electrons. The fourth-order valence-electron chi connectivity index (χ4n) is 3.50. The molecule has 2 fully saturated rings. The predicted molar refractivity (Wildman–Crippen MR) is 109 cm³/mol. The highest BCUT2D eigenvalue weighted by atomic mass is 28.4. The van der Waals surface area contributed by atoms with Crippen LogP contribution in [0.5, 0.6) is 0 Å². The largest absolute Gasteiger partial charge is 0.414 e. The highest BCUT2D eigenvalue weighted by Gasteiger charge is 2.57. The maximum atomic E-state index is 6.42. The van der Waals surface area contributed by atoms with Crippen molar-refractivity contribution in [2.24, 2.45) is 0 Å². The van der Waals surface area contributed by atoms with E-state index in [1.165, 1.54) is 6.33 Å². The van der Waals surface area contributed by atoms with E-state index < -0.39 is 20.3 Å². The third-order valence-corrected chi connectivity index (χ3v) is 10.6. The molecular weight excluding hydrogens is 390 g/mol. The monoisotopic (exact) mass is 420 g/mol. The standard InChI is InChI=1S/C19H30N5O4Si/c1-18(2,3)29(6,7)25-9-12-13-14(28-19(4,5)27-13)17(26-12)24-16-11(8-23-24)15(20)21-10-22-16/h10,12-14,17H,9H2,1-7H3,(H2,20,21,22)/t12-,13-,14-,17-/m1/s1. The summed E-state index contributed by atoms with van der Waals surface area (Å²) < 4.78 is 26.8. The van der Waals surface area contributed by atoms with Crippen molar-refractivity contribution in [3.8, 4) is 0 Å². The number of ether oxygens (including phenoxy) is 3. The Kier molecular flexibility index (Phi) is 4.78. The first kappa shape index (κ1) is 20.7. The van der Waals surface area contributed by atoms with Gasteiger partial charge in [0, 0.05) is 0 Å². The van der Waals surface area contributed by atoms with Crippen molar-refractivity contribution in [3.05, 3.63) is 12.5 Å². The summed E-state index contributed by atoms with van der Waals surface area (Å²) in [5.41, 5.74) is 6.49. The lowest BCUT2D eigenvalue weighted by Crippen LogP contribution is -2.44. The number of anilines is 1. The fraction of sp³-hybridized carbons (Fsp3) is 0.737. The van der Waals surface area contributed by atoms with Crippen molar-refractivity contribution in [2.75, 3.05) is 12.3 Å². The summed E-state index contributed by atoms with van der Waals surface area (Å²) in [6, 6.07) is 0. The van der Waals surface area contributed by atoms with Gasteiger partial charge in [-0.05, 0) is 32.0 Å². The zero-order valence-electron chi connectivity index (χ0n) is 18.1. The molecule has 0 unspecified atom stereocenters. The Hall–Kier alpha value is -1.59. The molecule has 2 aliphatic heterocycles. The molecule has 2 aromatic rings. The van der Waals surface area contributed by atoms with Gasteiger partial charge in [0.25, 0.3) is 0 Å². The number of hydrogen-bond acceptors (Lipinski definition) is 8. The predicted octanol–water partition coefficient (Wildman–Crippen LogP) is 2.65. The van der Waals surface area contributed by atoms with Gasteiger partial charge in [-0.15, -0.1) is 0 Å². The summed E-state index contributed by atoms with van der Waals surface area (Å²) in [5, 5.41) is 5.02. The van der Waals surface area contributed by atoms with E-state index in [2.05, 4.69) is 55.1 Å². The molecular formula is C19H30N5O4Si. The van der Waals surface area contributed by atoms with E-state index in [0.717, 1.165) is 0 Å². The lowest BCUT2D eigenvalue weighted by Gasteiger charge is -2.37. The Morgan fingerprint density at radius 2 is 1.93 bits per heavy atom. The van der Waals surface area contributed by atoms with E-state index in [4.69, 9.17) is 24.4 Å². The van der Waals surface area contributed by atoms with Gasteiger partial charge in [-0.2, -0.15) is 5.10 Å². The zero-order chi connectivity index (χ0) is 21.2. The summed E-state index contributed by atoms with van der Waals surface area (Å²) >= 11 is 0. The molecule has 0 spiro atoms. The summed E-state index contributed by atoms with van der Waals surface area (Å²) in [5.74, 6) is -0.384. The molecule has 0 saturated carbocycles. The molecule has 2 aliphatic rings. The highest BCUT2D eigenvalue weighted by molar-refractivity contribution is 6.74. The van der Waals surface area contributed by atoms with Crippen LogP contribution in [0.4, 0.5) is 5.82 Å². The second-order valence-electron chi connectivity index (χ2n) is 9.72. The van der Waals surface area contributed by atoms with E-state index >= 15 is 0 Å². The van der Waals surface area contributed by atoms with Gasteiger partial charge in [0.1, 0.15) is 36.7 Å². The summed E-state index contributed by atoms with van der Waals surface area (Å²) in [6.45, 7) is 15.3. The second-order valence-corrected chi connectivity index (χ2v) is 14.5. The SMILES string of the molecule is CC1(C)O[C@@H]2[C@H](O1)[C@@H](CO[Si](C)(C)C(C)(C)C)O[C@H]2n1n[c]c2c(N)ncnc21. The smallest absolute Gasteiger partial charge is 0.192 e. The van der Waals surface area contributed by atoms with E-state index in [1.807, 2.05) is 13.8 Å². The molecule has 4 heterocycles. The first-order chi connectivity index (χ1) is 13.4. The molecule has 10 heteroatoms. The maximum absolute atomic E-state index is 6.42. The van der Waals surface area contributed by atoms with Gasteiger partial charge >= 0.3 is 0 Å². The molecule has 0 bridgehead atoms. The molecule has 4 rings (SSSR count). The number of hydrogen-bond donors (Lipinski definition) is 1. The van der Waals surface area contributed by atoms with Crippen LogP contribution in [0.15, 0.2) is 6.33 Å². The van der Waals surface area contributed by atoms with Gasteiger partial charge in [-0.25, -0.2) is 14.6 Å². The molecule has 4 atom stereocenters. The van der Waals surface area contributed by atoms with Gasteiger partial charge in [-0.3, -0.25) is 0 Å². The first-order valence-corrected chi connectivity index (χ1v) is 12.8. The molecule has 0 aromatic carbocycles. The number of fused-ring (bicyclic) bond motifs is 2. The lowest BCUT2D eigenvalue weighted by molar-refractivity contribution is -0.200. The highest BCUT2D eigenvalue weighted by Crippen LogP contribution is 2.44. The third-order valence-electron chi connectivity index (χ3n) is 6.12. The number of nitrogen functional groups attached to an aromatic ring is 1. The normalized spacial score (nSPS) is 29.5. The maximum Gasteiger partial charge on any atom is 0.192 e. The summed E-state index contributed by atoms with van der Waals surface area (Å²) in [6.07, 6.45) is 2.89. The van der Waals surface area contributed by atoms with Crippen LogP contribution in [0, 0.1) is 6.20 Å². The van der Waals surface area contributed by atoms with E-state index in [0.29, 0.717) is 23.5 Å². The minimum Gasteiger partial charge on any atom is -0.414 e. The van der Waals surface area contributed by atoms with Crippen molar-refractivity contribution in [2.45, 2.75) is 83.1 Å². The van der Waals surface area contributed by atoms with Gasteiger partial charge in [-0.1, -0.05) is 20.8 Å². The van der Waals surface area contributed by atoms with Gasteiger partial charge in [0.05, 0.1) is 12.0 Å². The van der Waals surface area contributed by atoms with E-state index in [1.54, 1.807) is 4.68 Å². The molecule has 2 N–H and O–H groups in total. The minimum absolute atomic E-state index is 0.109. The Labute approximate surface area is 172 Å². The second kappa shape index (κ2) is 6.71. The van der Waals surface area contributed by atoms with Crippen LogP contribution in [0.1, 0.15) is 40.8 Å². The van der Waals surface area contributed by atoms with Crippen LogP contribution in [0.2, 0.25) is 18.1 Å². The molecule has 29 heavy (non-hydrogen) atoms. The molecule has 1 radical (unpaired) electrons. The molecule has 2 saturated heterocycles. The molecule has 2 aromatic heterocycles. The molecule has 0 amide bonds. The minimum atomic E-state index is -1.93. The Bertz CT molecular complexity index is 910. The number of nitrogens with zero attached hydrogens (tertiary/aromatic N) is 4. The van der Waals surface area contributed by atoms with Gasteiger partial charge in [0.15, 0.2) is 26.0 Å². The Morgan fingerprint density at radius 3 is 2.62 bits per heavy atom. The average molecular weight is 421 g/mol. The van der Waals surface area contributed by atoms with Crippen LogP contribution >= 0.6 is 0 Å². The van der Waals surface area contributed by atoms with Crippen LogP contribution < -0.4 is 5.73 Å². The zero-order valence-corrected chi connectivity index (χ0v) is 19.1. The average Bonchev–Trinajstić information content (AvgIpc) is 3.24. The number of nitrogens with two attached hydrogens (primary N) is 1. The Morgan fingerprint density at radius 1 is 1.24 bits per heavy atom. The van der Waals surface area contributed by atoms with Crippen LogP contribution in [-0.2, 0) is 18.6 Å². The van der Waals surface area contributed by atoms with Crippen molar-refractivity contribution in [3.63, 3.8) is 0 Å². The number of rotatable bonds is 4. The molecule has 0 aliphatic carbocycles. The topological polar surface area (TPSA) is 107 Å².